The van der Waals surface area contributed by atoms with Crippen molar-refractivity contribution in [3.8, 4) is 0 Å². The summed E-state index contributed by atoms with van der Waals surface area (Å²) in [6.07, 6.45) is 0. The molecule has 0 aromatic heterocycles. The highest BCUT2D eigenvalue weighted by Crippen LogP contribution is 2.37. The highest BCUT2D eigenvalue weighted by molar-refractivity contribution is 6.12. The second-order valence-corrected chi connectivity index (χ2v) is 7.08. The summed E-state index contributed by atoms with van der Waals surface area (Å²) in [5, 5.41) is 3.10. The summed E-state index contributed by atoms with van der Waals surface area (Å²) in [4.78, 5) is 30.4. The molecular formula is C19H27N3O2. The Morgan fingerprint density at radius 2 is 1.88 bits per heavy atom. The van der Waals surface area contributed by atoms with Crippen LogP contribution in [0.1, 0.15) is 41.5 Å². The van der Waals surface area contributed by atoms with E-state index in [1.54, 1.807) is 12.1 Å². The van der Waals surface area contributed by atoms with E-state index in [1.807, 2.05) is 19.1 Å². The number of carbonyl (C=O) groups is 2. The number of hydrogen-bond donors (Lipinski definition) is 1. The zero-order valence-corrected chi connectivity index (χ0v) is 14.8. The van der Waals surface area contributed by atoms with E-state index in [1.165, 1.54) is 0 Å². The Morgan fingerprint density at radius 1 is 1.21 bits per heavy atom. The maximum absolute atomic E-state index is 13.2. The highest BCUT2D eigenvalue weighted by Gasteiger charge is 2.51. The zero-order chi connectivity index (χ0) is 17.3. The lowest BCUT2D eigenvalue weighted by molar-refractivity contribution is 0.0789. The molecule has 1 amide bonds. The minimum absolute atomic E-state index is 0.0896. The van der Waals surface area contributed by atoms with Gasteiger partial charge in [0.1, 0.15) is 0 Å². The summed E-state index contributed by atoms with van der Waals surface area (Å²) in [5.41, 5.74) is 0.518. The Hall–Kier alpha value is -1.72. The number of Topliss-reactive ketones (excluding diaryl/α,β-unsaturated/α-hetero) is 1. The van der Waals surface area contributed by atoms with Crippen LogP contribution in [0.15, 0.2) is 24.3 Å². The van der Waals surface area contributed by atoms with Gasteiger partial charge in [-0.3, -0.25) is 14.5 Å². The molecule has 2 atom stereocenters. The van der Waals surface area contributed by atoms with Gasteiger partial charge in [0.2, 0.25) is 0 Å². The van der Waals surface area contributed by atoms with Crippen molar-refractivity contribution < 1.29 is 9.59 Å². The van der Waals surface area contributed by atoms with Crippen LogP contribution in [0.2, 0.25) is 0 Å². The molecule has 1 aromatic rings. The molecule has 0 spiro atoms. The summed E-state index contributed by atoms with van der Waals surface area (Å²) in [7, 11) is 0. The summed E-state index contributed by atoms with van der Waals surface area (Å²) < 4.78 is 0. The number of amides is 1. The number of likely N-dealkylation sites (tertiary alicyclic amines) is 1. The van der Waals surface area contributed by atoms with Gasteiger partial charge in [-0.25, -0.2) is 0 Å². The van der Waals surface area contributed by atoms with Crippen LogP contribution in [0.4, 0.5) is 0 Å². The number of nitrogens with one attached hydrogen (secondary N) is 1. The normalized spacial score (nSPS) is 26.9. The molecule has 130 valence electrons. The van der Waals surface area contributed by atoms with Gasteiger partial charge in [-0.15, -0.1) is 0 Å². The third-order valence-corrected chi connectivity index (χ3v) is 5.63. The standard InChI is InChI=1S/C19H27N3O2/c1-4-21(5-2)10-11-22-12-16-19(3,13-22)17(23)14-8-6-7-9-15(14)18(24)20-16/h6-9,16H,4-5,10-13H2,1-3H3,(H,20,24)/t16-,19+/m1/s1. The summed E-state index contributed by atoms with van der Waals surface area (Å²) >= 11 is 0. The largest absolute Gasteiger partial charge is 0.347 e. The van der Waals surface area contributed by atoms with Crippen molar-refractivity contribution >= 4 is 11.7 Å². The van der Waals surface area contributed by atoms with E-state index in [0.29, 0.717) is 17.7 Å². The van der Waals surface area contributed by atoms with Crippen molar-refractivity contribution in [2.24, 2.45) is 5.41 Å². The molecule has 1 saturated heterocycles. The van der Waals surface area contributed by atoms with E-state index in [2.05, 4.69) is 29.0 Å². The van der Waals surface area contributed by atoms with E-state index in [4.69, 9.17) is 0 Å². The molecule has 0 radical (unpaired) electrons. The van der Waals surface area contributed by atoms with Crippen LogP contribution >= 0.6 is 0 Å². The summed E-state index contributed by atoms with van der Waals surface area (Å²) in [6.45, 7) is 11.8. The van der Waals surface area contributed by atoms with E-state index in [0.717, 1.165) is 32.7 Å². The van der Waals surface area contributed by atoms with Crippen LogP contribution in [-0.2, 0) is 0 Å². The molecule has 5 nitrogen and oxygen atoms in total. The monoisotopic (exact) mass is 329 g/mol. The van der Waals surface area contributed by atoms with Crippen molar-refractivity contribution in [1.29, 1.82) is 0 Å². The van der Waals surface area contributed by atoms with Gasteiger partial charge in [0.25, 0.3) is 5.91 Å². The number of fused-ring (bicyclic) bond motifs is 2. The van der Waals surface area contributed by atoms with Crippen LogP contribution in [0.5, 0.6) is 0 Å². The Kier molecular flexibility index (Phi) is 4.74. The molecule has 2 aliphatic heterocycles. The fourth-order valence-corrected chi connectivity index (χ4v) is 3.95. The molecule has 24 heavy (non-hydrogen) atoms. The average Bonchev–Trinajstić information content (AvgIpc) is 2.88. The number of ketones is 1. The first-order chi connectivity index (χ1) is 11.5. The first kappa shape index (κ1) is 17.1. The number of likely N-dealkylation sites (N-methyl/N-ethyl adjacent to an activating group) is 1. The number of benzene rings is 1. The van der Waals surface area contributed by atoms with Crippen molar-refractivity contribution in [2.45, 2.75) is 26.8 Å². The SMILES string of the molecule is CCN(CC)CCN1C[C@H]2NC(=O)c3ccccc3C(=O)[C@@]2(C)C1. The van der Waals surface area contributed by atoms with Gasteiger partial charge >= 0.3 is 0 Å². The van der Waals surface area contributed by atoms with Gasteiger partial charge in [-0.05, 0) is 26.1 Å². The quantitative estimate of drug-likeness (QED) is 0.892. The molecular weight excluding hydrogens is 302 g/mol. The molecule has 1 aromatic carbocycles. The van der Waals surface area contributed by atoms with Gasteiger partial charge in [-0.1, -0.05) is 32.0 Å². The van der Waals surface area contributed by atoms with Gasteiger partial charge < -0.3 is 10.2 Å². The fraction of sp³-hybridized carbons (Fsp3) is 0.579. The molecule has 3 rings (SSSR count). The molecule has 0 saturated carbocycles. The van der Waals surface area contributed by atoms with Crippen LogP contribution in [0, 0.1) is 5.41 Å². The number of rotatable bonds is 5. The molecule has 1 fully saturated rings. The summed E-state index contributed by atoms with van der Waals surface area (Å²) in [6, 6.07) is 7.04. The van der Waals surface area contributed by atoms with Crippen molar-refractivity contribution in [2.75, 3.05) is 39.3 Å². The lowest BCUT2D eigenvalue weighted by Gasteiger charge is -2.27. The molecule has 0 aliphatic carbocycles. The second-order valence-electron chi connectivity index (χ2n) is 7.08. The van der Waals surface area contributed by atoms with Gasteiger partial charge in [-0.2, -0.15) is 0 Å². The third kappa shape index (κ3) is 2.87. The summed E-state index contributed by atoms with van der Waals surface area (Å²) in [5.74, 6) is -0.0370. The van der Waals surface area contributed by atoms with E-state index in [9.17, 15) is 9.59 Å². The lowest BCUT2D eigenvalue weighted by atomic mass is 9.78. The zero-order valence-electron chi connectivity index (χ0n) is 14.8. The lowest BCUT2D eigenvalue weighted by Crippen LogP contribution is -2.47. The Labute approximate surface area is 144 Å². The molecule has 2 heterocycles. The minimum Gasteiger partial charge on any atom is -0.347 e. The van der Waals surface area contributed by atoms with Gasteiger partial charge in [0.05, 0.1) is 17.0 Å². The first-order valence-corrected chi connectivity index (χ1v) is 8.89. The highest BCUT2D eigenvalue weighted by atomic mass is 16.2. The molecule has 2 aliphatic rings. The van der Waals surface area contributed by atoms with E-state index >= 15 is 0 Å². The topological polar surface area (TPSA) is 52.6 Å². The molecule has 5 heteroatoms. The van der Waals surface area contributed by atoms with Crippen molar-refractivity contribution in [1.82, 2.24) is 15.1 Å². The predicted molar refractivity (Wildman–Crippen MR) is 94.4 cm³/mol. The first-order valence-electron chi connectivity index (χ1n) is 8.89. The van der Waals surface area contributed by atoms with E-state index < -0.39 is 5.41 Å². The number of hydrogen-bond acceptors (Lipinski definition) is 4. The average molecular weight is 329 g/mol. The van der Waals surface area contributed by atoms with Crippen molar-refractivity contribution in [3.63, 3.8) is 0 Å². The van der Waals surface area contributed by atoms with Crippen LogP contribution in [-0.4, -0.2) is 66.8 Å². The third-order valence-electron chi connectivity index (χ3n) is 5.63. The molecule has 0 bridgehead atoms. The smallest absolute Gasteiger partial charge is 0.252 e. The molecule has 0 unspecified atom stereocenters. The van der Waals surface area contributed by atoms with Crippen LogP contribution in [0.3, 0.4) is 0 Å². The second kappa shape index (κ2) is 6.65. The maximum atomic E-state index is 13.2. The Morgan fingerprint density at radius 3 is 2.54 bits per heavy atom. The minimum atomic E-state index is -0.550. The fourth-order valence-electron chi connectivity index (χ4n) is 3.95. The van der Waals surface area contributed by atoms with Crippen LogP contribution in [0.25, 0.3) is 0 Å². The predicted octanol–water partition coefficient (Wildman–Crippen LogP) is 1.64. The number of carbonyl (C=O) groups excluding carboxylic acids is 2. The maximum Gasteiger partial charge on any atom is 0.252 e. The van der Waals surface area contributed by atoms with E-state index in [-0.39, 0.29) is 17.7 Å². The van der Waals surface area contributed by atoms with Gasteiger partial charge in [0, 0.05) is 31.7 Å². The molecule has 1 N–H and O–H groups in total. The Bertz CT molecular complexity index is 641. The Balaban J connectivity index is 1.80. The van der Waals surface area contributed by atoms with Crippen molar-refractivity contribution in [3.05, 3.63) is 35.4 Å². The van der Waals surface area contributed by atoms with Gasteiger partial charge in [0.15, 0.2) is 5.78 Å². The van der Waals surface area contributed by atoms with Crippen LogP contribution < -0.4 is 5.32 Å². The number of nitrogens with zero attached hydrogens (tertiary/aromatic N) is 2.